The Bertz CT molecular complexity index is 313. The first-order valence-corrected chi connectivity index (χ1v) is 4.27. The number of nitrogens with one attached hydrogen (secondary N) is 2. The predicted molar refractivity (Wildman–Crippen MR) is 55.6 cm³/mol. The smallest absolute Gasteiger partial charge is 0.126 e. The predicted octanol–water partition coefficient (Wildman–Crippen LogP) is 0.424. The normalized spacial score (nSPS) is 9.79. The SMILES string of the molecule is COCCNc1cc(C(=N)N)ccn1. The highest BCUT2D eigenvalue weighted by Crippen LogP contribution is 2.05. The standard InChI is InChI=1S/C9H14N4O/c1-14-5-4-13-8-6-7(9(10)11)2-3-12-8/h2-3,6H,4-5H2,1H3,(H3,10,11)(H,12,13). The topological polar surface area (TPSA) is 84.0 Å². The molecular weight excluding hydrogens is 180 g/mol. The second-order valence-electron chi connectivity index (χ2n) is 2.76. The van der Waals surface area contributed by atoms with Crippen LogP contribution in [0.2, 0.25) is 0 Å². The maximum absolute atomic E-state index is 7.24. The highest BCUT2D eigenvalue weighted by atomic mass is 16.5. The molecule has 0 fully saturated rings. The van der Waals surface area contributed by atoms with E-state index in [0.717, 1.165) is 0 Å². The molecule has 0 amide bonds. The molecule has 4 N–H and O–H groups in total. The van der Waals surface area contributed by atoms with Crippen molar-refractivity contribution in [3.8, 4) is 0 Å². The van der Waals surface area contributed by atoms with E-state index in [9.17, 15) is 0 Å². The van der Waals surface area contributed by atoms with Crippen LogP contribution in [0.3, 0.4) is 0 Å². The largest absolute Gasteiger partial charge is 0.384 e. The van der Waals surface area contributed by atoms with Gasteiger partial charge in [-0.25, -0.2) is 4.98 Å². The number of nitrogens with zero attached hydrogens (tertiary/aromatic N) is 1. The summed E-state index contributed by atoms with van der Waals surface area (Å²) in [6, 6.07) is 3.43. The summed E-state index contributed by atoms with van der Waals surface area (Å²) < 4.78 is 4.88. The van der Waals surface area contributed by atoms with Crippen LogP contribution < -0.4 is 11.1 Å². The molecule has 0 spiro atoms. The molecule has 0 bridgehead atoms. The van der Waals surface area contributed by atoms with E-state index in [4.69, 9.17) is 15.9 Å². The van der Waals surface area contributed by atoms with Crippen LogP contribution in [0.4, 0.5) is 5.82 Å². The van der Waals surface area contributed by atoms with E-state index in [-0.39, 0.29) is 5.84 Å². The highest BCUT2D eigenvalue weighted by Gasteiger charge is 1.98. The zero-order valence-corrected chi connectivity index (χ0v) is 8.08. The van der Waals surface area contributed by atoms with E-state index in [1.165, 1.54) is 0 Å². The summed E-state index contributed by atoms with van der Waals surface area (Å²) in [6.45, 7) is 1.30. The van der Waals surface area contributed by atoms with Gasteiger partial charge in [0.15, 0.2) is 0 Å². The highest BCUT2D eigenvalue weighted by molar-refractivity contribution is 5.95. The lowest BCUT2D eigenvalue weighted by molar-refractivity contribution is 0.210. The van der Waals surface area contributed by atoms with Gasteiger partial charge in [-0.15, -0.1) is 0 Å². The molecule has 76 valence electrons. The van der Waals surface area contributed by atoms with E-state index in [1.807, 2.05) is 0 Å². The molecule has 0 radical (unpaired) electrons. The van der Waals surface area contributed by atoms with Crippen LogP contribution in [-0.4, -0.2) is 31.1 Å². The average molecular weight is 194 g/mol. The van der Waals surface area contributed by atoms with Crippen molar-refractivity contribution in [2.75, 3.05) is 25.6 Å². The minimum absolute atomic E-state index is 0.0437. The molecule has 0 saturated heterocycles. The van der Waals surface area contributed by atoms with Gasteiger partial charge < -0.3 is 15.8 Å². The second kappa shape index (κ2) is 5.18. The van der Waals surface area contributed by atoms with Crippen molar-refractivity contribution >= 4 is 11.7 Å². The lowest BCUT2D eigenvalue weighted by Gasteiger charge is -2.05. The Labute approximate surface area is 82.8 Å². The van der Waals surface area contributed by atoms with Crippen molar-refractivity contribution in [1.29, 1.82) is 5.41 Å². The first-order chi connectivity index (χ1) is 6.74. The van der Waals surface area contributed by atoms with Crippen molar-refractivity contribution in [2.24, 2.45) is 5.73 Å². The first-order valence-electron chi connectivity index (χ1n) is 4.27. The molecule has 5 heteroatoms. The molecule has 0 atom stereocenters. The van der Waals surface area contributed by atoms with Gasteiger partial charge in [0, 0.05) is 25.4 Å². The Hall–Kier alpha value is -1.62. The summed E-state index contributed by atoms with van der Waals surface area (Å²) in [6.07, 6.45) is 1.62. The van der Waals surface area contributed by atoms with Gasteiger partial charge in [0.1, 0.15) is 11.7 Å². The van der Waals surface area contributed by atoms with Crippen LogP contribution in [-0.2, 0) is 4.74 Å². The lowest BCUT2D eigenvalue weighted by atomic mass is 10.2. The van der Waals surface area contributed by atoms with Gasteiger partial charge in [-0.2, -0.15) is 0 Å². The number of anilines is 1. The summed E-state index contributed by atoms with van der Waals surface area (Å²) in [5.74, 6) is 0.747. The Morgan fingerprint density at radius 3 is 3.14 bits per heavy atom. The number of hydrogen-bond donors (Lipinski definition) is 3. The van der Waals surface area contributed by atoms with Crippen molar-refractivity contribution < 1.29 is 4.74 Å². The number of amidine groups is 1. The molecular formula is C9H14N4O. The molecule has 0 aromatic carbocycles. The van der Waals surface area contributed by atoms with Crippen molar-refractivity contribution in [1.82, 2.24) is 4.98 Å². The van der Waals surface area contributed by atoms with Gasteiger partial charge in [-0.3, -0.25) is 5.41 Å². The molecule has 0 aliphatic heterocycles. The fourth-order valence-electron chi connectivity index (χ4n) is 0.976. The zero-order valence-electron chi connectivity index (χ0n) is 8.08. The third-order valence-electron chi connectivity index (χ3n) is 1.68. The van der Waals surface area contributed by atoms with Crippen LogP contribution >= 0.6 is 0 Å². The van der Waals surface area contributed by atoms with E-state index < -0.39 is 0 Å². The van der Waals surface area contributed by atoms with Crippen LogP contribution in [0.15, 0.2) is 18.3 Å². The first kappa shape index (κ1) is 10.5. The number of aromatic nitrogens is 1. The van der Waals surface area contributed by atoms with E-state index in [2.05, 4.69) is 10.3 Å². The number of nitrogens with two attached hydrogens (primary N) is 1. The van der Waals surface area contributed by atoms with Crippen molar-refractivity contribution in [3.05, 3.63) is 23.9 Å². The maximum Gasteiger partial charge on any atom is 0.126 e. The number of nitrogen functional groups attached to an aromatic ring is 1. The van der Waals surface area contributed by atoms with Gasteiger partial charge in [-0.05, 0) is 12.1 Å². The van der Waals surface area contributed by atoms with Crippen molar-refractivity contribution in [3.63, 3.8) is 0 Å². The number of pyridine rings is 1. The zero-order chi connectivity index (χ0) is 10.4. The van der Waals surface area contributed by atoms with Gasteiger partial charge >= 0.3 is 0 Å². The molecule has 0 unspecified atom stereocenters. The summed E-state index contributed by atoms with van der Waals surface area (Å²) in [5, 5.41) is 10.3. The molecule has 1 aromatic heterocycles. The van der Waals surface area contributed by atoms with E-state index in [1.54, 1.807) is 25.4 Å². The molecule has 0 aliphatic carbocycles. The van der Waals surface area contributed by atoms with Crippen LogP contribution in [0, 0.1) is 5.41 Å². The summed E-state index contributed by atoms with van der Waals surface area (Å²) in [5.41, 5.74) is 6.01. The van der Waals surface area contributed by atoms with Crippen LogP contribution in [0.25, 0.3) is 0 Å². The molecule has 0 aliphatic rings. The molecule has 1 aromatic rings. The fourth-order valence-corrected chi connectivity index (χ4v) is 0.976. The van der Waals surface area contributed by atoms with Gasteiger partial charge in [0.2, 0.25) is 0 Å². The van der Waals surface area contributed by atoms with Crippen molar-refractivity contribution in [2.45, 2.75) is 0 Å². The lowest BCUT2D eigenvalue weighted by Crippen LogP contribution is -2.13. The van der Waals surface area contributed by atoms with Gasteiger partial charge in [0.25, 0.3) is 0 Å². The number of hydrogen-bond acceptors (Lipinski definition) is 4. The third kappa shape index (κ3) is 3.02. The molecule has 1 rings (SSSR count). The van der Waals surface area contributed by atoms with E-state index in [0.29, 0.717) is 24.5 Å². The Kier molecular flexibility index (Phi) is 3.87. The Balaban J connectivity index is 2.59. The van der Waals surface area contributed by atoms with E-state index >= 15 is 0 Å². The second-order valence-corrected chi connectivity index (χ2v) is 2.76. The maximum atomic E-state index is 7.24. The Morgan fingerprint density at radius 1 is 1.71 bits per heavy atom. The summed E-state index contributed by atoms with van der Waals surface area (Å²) in [7, 11) is 1.64. The van der Waals surface area contributed by atoms with Gasteiger partial charge in [-0.1, -0.05) is 0 Å². The number of ether oxygens (including phenoxy) is 1. The Morgan fingerprint density at radius 2 is 2.50 bits per heavy atom. The minimum atomic E-state index is 0.0437. The molecule has 5 nitrogen and oxygen atoms in total. The van der Waals surface area contributed by atoms with Crippen LogP contribution in [0.5, 0.6) is 0 Å². The molecule has 14 heavy (non-hydrogen) atoms. The third-order valence-corrected chi connectivity index (χ3v) is 1.68. The summed E-state index contributed by atoms with van der Waals surface area (Å²) >= 11 is 0. The van der Waals surface area contributed by atoms with Crippen LogP contribution in [0.1, 0.15) is 5.56 Å². The molecule has 0 saturated carbocycles. The average Bonchev–Trinajstić information content (AvgIpc) is 2.19. The number of methoxy groups -OCH3 is 1. The summed E-state index contributed by atoms with van der Waals surface area (Å²) in [4.78, 5) is 4.07. The van der Waals surface area contributed by atoms with Gasteiger partial charge in [0.05, 0.1) is 6.61 Å². The fraction of sp³-hybridized carbons (Fsp3) is 0.333. The monoisotopic (exact) mass is 194 g/mol. The quantitative estimate of drug-likeness (QED) is 0.360. The minimum Gasteiger partial charge on any atom is -0.384 e. The molecule has 1 heterocycles. The number of rotatable bonds is 5.